The minimum absolute atomic E-state index is 0.0400. The Morgan fingerprint density at radius 3 is 2.17 bits per heavy atom. The molecule has 1 saturated carbocycles. The molecule has 4 nitrogen and oxygen atoms in total. The molecule has 0 aromatic rings. The van der Waals surface area contributed by atoms with Crippen LogP contribution in [0.25, 0.3) is 0 Å². The van der Waals surface area contributed by atoms with Crippen molar-refractivity contribution in [3.8, 4) is 0 Å². The SMILES string of the molecule is CC(C)(C)C(=O)N(CCC(=O)O)C1CCCCC1. The van der Waals surface area contributed by atoms with Crippen molar-refractivity contribution in [2.24, 2.45) is 5.41 Å². The Hall–Kier alpha value is -1.06. The van der Waals surface area contributed by atoms with Crippen LogP contribution in [0.2, 0.25) is 0 Å². The smallest absolute Gasteiger partial charge is 0.305 e. The summed E-state index contributed by atoms with van der Waals surface area (Å²) in [7, 11) is 0. The molecule has 0 radical (unpaired) electrons. The van der Waals surface area contributed by atoms with Crippen molar-refractivity contribution in [1.29, 1.82) is 0 Å². The lowest BCUT2D eigenvalue weighted by Crippen LogP contribution is -2.47. The highest BCUT2D eigenvalue weighted by molar-refractivity contribution is 5.82. The van der Waals surface area contributed by atoms with Gasteiger partial charge in [0.1, 0.15) is 0 Å². The maximum Gasteiger partial charge on any atom is 0.305 e. The first-order valence-corrected chi connectivity index (χ1v) is 6.85. The molecule has 0 spiro atoms. The number of aliphatic carboxylic acids is 1. The maximum atomic E-state index is 12.4. The number of carboxylic acid groups (broad SMARTS) is 1. The van der Waals surface area contributed by atoms with Gasteiger partial charge in [0.25, 0.3) is 0 Å². The lowest BCUT2D eigenvalue weighted by atomic mass is 9.89. The normalized spacial score (nSPS) is 17.5. The molecule has 1 amide bonds. The van der Waals surface area contributed by atoms with Gasteiger partial charge < -0.3 is 10.0 Å². The molecule has 0 aromatic heterocycles. The van der Waals surface area contributed by atoms with Crippen molar-refractivity contribution in [3.63, 3.8) is 0 Å². The van der Waals surface area contributed by atoms with Crippen LogP contribution in [0.3, 0.4) is 0 Å². The van der Waals surface area contributed by atoms with E-state index in [9.17, 15) is 9.59 Å². The van der Waals surface area contributed by atoms with Crippen LogP contribution < -0.4 is 0 Å². The highest BCUT2D eigenvalue weighted by atomic mass is 16.4. The molecule has 18 heavy (non-hydrogen) atoms. The van der Waals surface area contributed by atoms with E-state index < -0.39 is 11.4 Å². The first kappa shape index (κ1) is 15.0. The first-order chi connectivity index (χ1) is 8.32. The molecule has 1 fully saturated rings. The Balaban J connectivity index is 2.73. The Morgan fingerprint density at radius 2 is 1.72 bits per heavy atom. The molecular weight excluding hydrogens is 230 g/mol. The number of nitrogens with zero attached hydrogens (tertiary/aromatic N) is 1. The van der Waals surface area contributed by atoms with Gasteiger partial charge in [0.2, 0.25) is 5.91 Å². The number of carbonyl (C=O) groups is 2. The van der Waals surface area contributed by atoms with Gasteiger partial charge in [0, 0.05) is 18.0 Å². The van der Waals surface area contributed by atoms with E-state index in [1.54, 1.807) is 0 Å². The van der Waals surface area contributed by atoms with Gasteiger partial charge in [0.15, 0.2) is 0 Å². The summed E-state index contributed by atoms with van der Waals surface area (Å²) in [4.78, 5) is 24.9. The molecule has 0 heterocycles. The molecule has 1 aliphatic rings. The van der Waals surface area contributed by atoms with Crippen molar-refractivity contribution in [1.82, 2.24) is 4.90 Å². The fourth-order valence-electron chi connectivity index (χ4n) is 2.49. The summed E-state index contributed by atoms with van der Waals surface area (Å²) in [6.45, 7) is 6.03. The van der Waals surface area contributed by atoms with Gasteiger partial charge in [0.05, 0.1) is 6.42 Å². The van der Waals surface area contributed by atoms with E-state index in [4.69, 9.17) is 5.11 Å². The van der Waals surface area contributed by atoms with Crippen LogP contribution >= 0.6 is 0 Å². The predicted octanol–water partition coefficient (Wildman–Crippen LogP) is 2.67. The summed E-state index contributed by atoms with van der Waals surface area (Å²) in [5.74, 6) is -0.756. The topological polar surface area (TPSA) is 57.6 Å². The molecule has 0 aliphatic heterocycles. The summed E-state index contributed by atoms with van der Waals surface area (Å²) >= 11 is 0. The first-order valence-electron chi connectivity index (χ1n) is 6.85. The third-order valence-corrected chi connectivity index (χ3v) is 3.48. The zero-order valence-electron chi connectivity index (χ0n) is 11.7. The van der Waals surface area contributed by atoms with Crippen LogP contribution in [0.4, 0.5) is 0 Å². The van der Waals surface area contributed by atoms with Crippen molar-refractivity contribution < 1.29 is 14.7 Å². The van der Waals surface area contributed by atoms with E-state index in [-0.39, 0.29) is 18.4 Å². The highest BCUT2D eigenvalue weighted by Gasteiger charge is 2.32. The van der Waals surface area contributed by atoms with Crippen LogP contribution in [0.1, 0.15) is 59.3 Å². The minimum atomic E-state index is -0.836. The lowest BCUT2D eigenvalue weighted by Gasteiger charge is -2.37. The third-order valence-electron chi connectivity index (χ3n) is 3.48. The van der Waals surface area contributed by atoms with E-state index in [0.717, 1.165) is 25.7 Å². The van der Waals surface area contributed by atoms with Crippen LogP contribution in [0.15, 0.2) is 0 Å². The molecule has 0 bridgehead atoms. The van der Waals surface area contributed by atoms with Crippen LogP contribution in [-0.4, -0.2) is 34.5 Å². The average molecular weight is 255 g/mol. The van der Waals surface area contributed by atoms with E-state index in [0.29, 0.717) is 6.54 Å². The molecule has 1 N–H and O–H groups in total. The summed E-state index contributed by atoms with van der Waals surface area (Å²) in [5.41, 5.74) is -0.435. The quantitative estimate of drug-likeness (QED) is 0.840. The third kappa shape index (κ3) is 4.31. The number of carbonyl (C=O) groups excluding carboxylic acids is 1. The summed E-state index contributed by atoms with van der Waals surface area (Å²) in [5, 5.41) is 8.81. The summed E-state index contributed by atoms with van der Waals surface area (Å²) < 4.78 is 0. The van der Waals surface area contributed by atoms with Gasteiger partial charge in [-0.05, 0) is 12.8 Å². The molecular formula is C14H25NO3. The fourth-order valence-corrected chi connectivity index (χ4v) is 2.49. The summed E-state index contributed by atoms with van der Waals surface area (Å²) in [6, 6.07) is 0.241. The van der Waals surface area contributed by atoms with Gasteiger partial charge in [-0.25, -0.2) is 0 Å². The average Bonchev–Trinajstić information content (AvgIpc) is 2.29. The van der Waals surface area contributed by atoms with E-state index in [2.05, 4.69) is 0 Å². The van der Waals surface area contributed by atoms with E-state index >= 15 is 0 Å². The molecule has 0 saturated heterocycles. The molecule has 1 rings (SSSR count). The number of hydrogen-bond donors (Lipinski definition) is 1. The van der Waals surface area contributed by atoms with Gasteiger partial charge in [-0.2, -0.15) is 0 Å². The Bertz CT molecular complexity index is 301. The Kier molecular flexibility index (Phi) is 5.17. The molecule has 4 heteroatoms. The van der Waals surface area contributed by atoms with Gasteiger partial charge in [-0.15, -0.1) is 0 Å². The van der Waals surface area contributed by atoms with Crippen molar-refractivity contribution in [3.05, 3.63) is 0 Å². The largest absolute Gasteiger partial charge is 0.481 e. The van der Waals surface area contributed by atoms with E-state index in [1.807, 2.05) is 25.7 Å². The zero-order valence-corrected chi connectivity index (χ0v) is 11.7. The predicted molar refractivity (Wildman–Crippen MR) is 70.3 cm³/mol. The molecule has 0 atom stereocenters. The standard InChI is InChI=1S/C14H25NO3/c1-14(2,3)13(18)15(10-9-12(16)17)11-7-5-4-6-8-11/h11H,4-10H2,1-3H3,(H,16,17). The van der Waals surface area contributed by atoms with Crippen molar-refractivity contribution >= 4 is 11.9 Å². The second-order valence-corrected chi connectivity index (χ2v) is 6.18. The fraction of sp³-hybridized carbons (Fsp3) is 0.857. The summed E-state index contributed by atoms with van der Waals surface area (Å²) in [6.07, 6.45) is 5.59. The van der Waals surface area contributed by atoms with Crippen LogP contribution in [0, 0.1) is 5.41 Å². The van der Waals surface area contributed by atoms with Crippen molar-refractivity contribution in [2.75, 3.05) is 6.54 Å². The minimum Gasteiger partial charge on any atom is -0.481 e. The molecule has 0 aromatic carbocycles. The van der Waals surface area contributed by atoms with Crippen molar-refractivity contribution in [2.45, 2.75) is 65.3 Å². The van der Waals surface area contributed by atoms with Gasteiger partial charge in [-0.3, -0.25) is 9.59 Å². The lowest BCUT2D eigenvalue weighted by molar-refractivity contribution is -0.144. The Morgan fingerprint density at radius 1 is 1.17 bits per heavy atom. The number of hydrogen-bond acceptors (Lipinski definition) is 2. The number of carboxylic acids is 1. The molecule has 104 valence electrons. The van der Waals surface area contributed by atoms with Gasteiger partial charge >= 0.3 is 5.97 Å². The van der Waals surface area contributed by atoms with Crippen LogP contribution in [-0.2, 0) is 9.59 Å². The second kappa shape index (κ2) is 6.21. The van der Waals surface area contributed by atoms with Gasteiger partial charge in [-0.1, -0.05) is 40.0 Å². The molecule has 0 unspecified atom stereocenters. The zero-order chi connectivity index (χ0) is 13.8. The number of rotatable bonds is 4. The maximum absolute atomic E-state index is 12.4. The number of amides is 1. The Labute approximate surface area is 109 Å². The van der Waals surface area contributed by atoms with Crippen LogP contribution in [0.5, 0.6) is 0 Å². The monoisotopic (exact) mass is 255 g/mol. The second-order valence-electron chi connectivity index (χ2n) is 6.18. The van der Waals surface area contributed by atoms with E-state index in [1.165, 1.54) is 6.42 Å². The highest BCUT2D eigenvalue weighted by Crippen LogP contribution is 2.27. The molecule has 1 aliphatic carbocycles.